The third-order valence-corrected chi connectivity index (χ3v) is 5.65. The summed E-state index contributed by atoms with van der Waals surface area (Å²) >= 11 is 0. The second kappa shape index (κ2) is 13.8. The van der Waals surface area contributed by atoms with Crippen LogP contribution in [0.3, 0.4) is 0 Å². The van der Waals surface area contributed by atoms with Gasteiger partial charge < -0.3 is 24.1 Å². The maximum Gasteiger partial charge on any atom is 0.490 e. The Balaban J connectivity index is 0.000000317. The number of carboxylic acids is 2. The van der Waals surface area contributed by atoms with Crippen molar-refractivity contribution < 1.29 is 60.0 Å². The van der Waals surface area contributed by atoms with E-state index in [1.165, 1.54) is 0 Å². The molecule has 4 rings (SSSR count). The van der Waals surface area contributed by atoms with Crippen molar-refractivity contribution in [2.75, 3.05) is 19.7 Å². The SMILES string of the molecule is Cc1ccc(CN2CCC[C@]3(C[C@@H](OCc4ccccn4)CO3)C2)o1.O=C(O)C(F)(F)F.O=C(O)C(F)(F)F. The molecule has 2 aromatic heterocycles. The van der Waals surface area contributed by atoms with Gasteiger partial charge in [0.25, 0.3) is 0 Å². The number of hydrogen-bond acceptors (Lipinski definition) is 7. The lowest BCUT2D eigenvalue weighted by Gasteiger charge is -2.39. The number of aromatic nitrogens is 1. The zero-order chi connectivity index (χ0) is 29.3. The first-order valence-corrected chi connectivity index (χ1v) is 11.6. The number of aryl methyl sites for hydroxylation is 1. The summed E-state index contributed by atoms with van der Waals surface area (Å²) in [7, 11) is 0. The fraction of sp³-hybridized carbons (Fsp3) is 0.542. The molecule has 218 valence electrons. The minimum Gasteiger partial charge on any atom is -0.475 e. The molecular formula is C24H28F6N2O7. The Morgan fingerprint density at radius 3 is 2.26 bits per heavy atom. The summed E-state index contributed by atoms with van der Waals surface area (Å²) in [6.45, 7) is 6.14. The lowest BCUT2D eigenvalue weighted by molar-refractivity contribution is -0.193. The monoisotopic (exact) mass is 570 g/mol. The molecule has 2 N–H and O–H groups in total. The van der Waals surface area contributed by atoms with Gasteiger partial charge >= 0.3 is 24.3 Å². The number of piperidine rings is 1. The summed E-state index contributed by atoms with van der Waals surface area (Å²) < 4.78 is 81.5. The van der Waals surface area contributed by atoms with E-state index in [1.807, 2.05) is 31.2 Å². The number of carboxylic acid groups (broad SMARTS) is 2. The number of carbonyl (C=O) groups is 2. The van der Waals surface area contributed by atoms with E-state index in [0.29, 0.717) is 13.2 Å². The molecule has 2 aliphatic rings. The van der Waals surface area contributed by atoms with Crippen molar-refractivity contribution in [2.45, 2.75) is 63.4 Å². The topological polar surface area (TPSA) is 122 Å². The summed E-state index contributed by atoms with van der Waals surface area (Å²) in [4.78, 5) is 24.6. The molecule has 0 bridgehead atoms. The van der Waals surface area contributed by atoms with E-state index in [1.54, 1.807) is 6.20 Å². The number of halogens is 6. The molecular weight excluding hydrogens is 542 g/mol. The number of likely N-dealkylation sites (tertiary alicyclic amines) is 1. The Hall–Kier alpha value is -3.17. The average molecular weight is 570 g/mol. The fourth-order valence-electron chi connectivity index (χ4n) is 4.00. The van der Waals surface area contributed by atoms with Crippen LogP contribution < -0.4 is 0 Å². The zero-order valence-corrected chi connectivity index (χ0v) is 20.8. The molecule has 9 nitrogen and oxygen atoms in total. The third-order valence-electron chi connectivity index (χ3n) is 5.65. The van der Waals surface area contributed by atoms with Gasteiger partial charge in [-0.05, 0) is 50.6 Å². The van der Waals surface area contributed by atoms with Crippen LogP contribution in [-0.4, -0.2) is 75.8 Å². The maximum absolute atomic E-state index is 10.6. The molecule has 0 unspecified atom stereocenters. The van der Waals surface area contributed by atoms with Gasteiger partial charge in [0.15, 0.2) is 0 Å². The highest BCUT2D eigenvalue weighted by molar-refractivity contribution is 5.73. The fourth-order valence-corrected chi connectivity index (χ4v) is 4.00. The first kappa shape index (κ1) is 32.0. The number of furan rings is 1. The van der Waals surface area contributed by atoms with Gasteiger partial charge in [-0.25, -0.2) is 9.59 Å². The van der Waals surface area contributed by atoms with E-state index in [9.17, 15) is 26.3 Å². The lowest BCUT2D eigenvalue weighted by Crippen LogP contribution is -2.47. The Kier molecular flexibility index (Phi) is 11.3. The molecule has 2 aliphatic heterocycles. The van der Waals surface area contributed by atoms with Crippen LogP contribution >= 0.6 is 0 Å². The zero-order valence-electron chi connectivity index (χ0n) is 20.8. The van der Waals surface area contributed by atoms with Crippen molar-refractivity contribution in [3.63, 3.8) is 0 Å². The molecule has 39 heavy (non-hydrogen) atoms. The number of aliphatic carboxylic acids is 2. The van der Waals surface area contributed by atoms with Crippen LogP contribution in [0.5, 0.6) is 0 Å². The molecule has 0 aliphatic carbocycles. The predicted molar refractivity (Wildman–Crippen MR) is 121 cm³/mol. The van der Waals surface area contributed by atoms with Crippen molar-refractivity contribution in [2.24, 2.45) is 0 Å². The molecule has 0 amide bonds. The molecule has 2 atom stereocenters. The van der Waals surface area contributed by atoms with E-state index < -0.39 is 24.3 Å². The van der Waals surface area contributed by atoms with Gasteiger partial charge in [0.2, 0.25) is 0 Å². The van der Waals surface area contributed by atoms with Gasteiger partial charge in [0, 0.05) is 19.2 Å². The Morgan fingerprint density at radius 1 is 1.10 bits per heavy atom. The first-order chi connectivity index (χ1) is 18.1. The molecule has 4 heterocycles. The number of alkyl halides is 6. The smallest absolute Gasteiger partial charge is 0.475 e. The Labute approximate surface area is 219 Å². The van der Waals surface area contributed by atoms with Crippen molar-refractivity contribution >= 4 is 11.9 Å². The maximum atomic E-state index is 10.6. The number of pyridine rings is 1. The van der Waals surface area contributed by atoms with E-state index in [-0.39, 0.29) is 11.7 Å². The minimum absolute atomic E-state index is 0.0608. The summed E-state index contributed by atoms with van der Waals surface area (Å²) in [5.41, 5.74) is 0.913. The Morgan fingerprint density at radius 2 is 1.74 bits per heavy atom. The van der Waals surface area contributed by atoms with Crippen LogP contribution in [-0.2, 0) is 32.2 Å². The summed E-state index contributed by atoms with van der Waals surface area (Å²) in [5, 5.41) is 14.2. The van der Waals surface area contributed by atoms with Gasteiger partial charge in [-0.15, -0.1) is 0 Å². The molecule has 2 saturated heterocycles. The van der Waals surface area contributed by atoms with Crippen molar-refractivity contribution in [3.05, 3.63) is 53.7 Å². The highest BCUT2D eigenvalue weighted by atomic mass is 19.4. The highest BCUT2D eigenvalue weighted by Crippen LogP contribution is 2.36. The Bertz CT molecular complexity index is 1040. The molecule has 0 aromatic carbocycles. The largest absolute Gasteiger partial charge is 0.490 e. The molecule has 2 aromatic rings. The summed E-state index contributed by atoms with van der Waals surface area (Å²) in [6.07, 6.45) is -4.96. The standard InChI is InChI=1S/C20H26N2O3.2C2HF3O2/c1-16-6-7-18(25-16)12-22-10-4-8-20(15-22)11-19(14-24-20)23-13-17-5-2-3-9-21-17;2*3-2(4,5)1(6)7/h2-3,5-7,9,19H,4,8,10-15H2,1H3;2*(H,6,7)/t19-,20+;;/m1../s1. The van der Waals surface area contributed by atoms with Gasteiger partial charge in [0.1, 0.15) is 11.5 Å². The summed E-state index contributed by atoms with van der Waals surface area (Å²) in [6, 6.07) is 10.0. The minimum atomic E-state index is -5.08. The number of hydrogen-bond donors (Lipinski definition) is 2. The predicted octanol–water partition coefficient (Wildman–Crippen LogP) is 4.59. The van der Waals surface area contributed by atoms with Crippen LogP contribution in [0.25, 0.3) is 0 Å². The quantitative estimate of drug-likeness (QED) is 0.497. The van der Waals surface area contributed by atoms with Crippen LogP contribution in [0, 0.1) is 6.92 Å². The molecule has 0 radical (unpaired) electrons. The lowest BCUT2D eigenvalue weighted by atomic mass is 9.89. The van der Waals surface area contributed by atoms with Crippen LogP contribution in [0.15, 0.2) is 40.9 Å². The normalized spacial score (nSPS) is 21.5. The van der Waals surface area contributed by atoms with E-state index in [0.717, 1.165) is 56.1 Å². The highest BCUT2D eigenvalue weighted by Gasteiger charge is 2.44. The first-order valence-electron chi connectivity index (χ1n) is 11.6. The second-order valence-electron chi connectivity index (χ2n) is 8.88. The van der Waals surface area contributed by atoms with E-state index >= 15 is 0 Å². The second-order valence-corrected chi connectivity index (χ2v) is 8.88. The van der Waals surface area contributed by atoms with Crippen LogP contribution in [0.2, 0.25) is 0 Å². The van der Waals surface area contributed by atoms with Crippen molar-refractivity contribution in [1.82, 2.24) is 9.88 Å². The van der Waals surface area contributed by atoms with Gasteiger partial charge in [0.05, 0.1) is 37.2 Å². The third kappa shape index (κ3) is 11.2. The van der Waals surface area contributed by atoms with Crippen molar-refractivity contribution in [3.8, 4) is 0 Å². The molecule has 2 fully saturated rings. The molecule has 15 heteroatoms. The molecule has 1 spiro atoms. The molecule has 0 saturated carbocycles. The van der Waals surface area contributed by atoms with Crippen molar-refractivity contribution in [1.29, 1.82) is 0 Å². The number of rotatable bonds is 5. The van der Waals surface area contributed by atoms with Gasteiger partial charge in [-0.1, -0.05) is 6.07 Å². The van der Waals surface area contributed by atoms with Crippen LogP contribution in [0.4, 0.5) is 26.3 Å². The van der Waals surface area contributed by atoms with E-state index in [2.05, 4.69) is 16.0 Å². The van der Waals surface area contributed by atoms with Gasteiger partial charge in [-0.2, -0.15) is 26.3 Å². The van der Waals surface area contributed by atoms with Crippen LogP contribution in [0.1, 0.15) is 36.5 Å². The average Bonchev–Trinajstić information content (AvgIpc) is 3.43. The van der Waals surface area contributed by atoms with Gasteiger partial charge in [-0.3, -0.25) is 9.88 Å². The number of ether oxygens (including phenoxy) is 2. The summed E-state index contributed by atoms with van der Waals surface area (Å²) in [5.74, 6) is -3.50. The number of nitrogens with zero attached hydrogens (tertiary/aromatic N) is 2. The van der Waals surface area contributed by atoms with E-state index in [4.69, 9.17) is 33.7 Å².